The third kappa shape index (κ3) is 1.69. The van der Waals surface area contributed by atoms with Gasteiger partial charge in [0.25, 0.3) is 0 Å². The highest BCUT2D eigenvalue weighted by atomic mass is 16.5. The number of methoxy groups -OCH3 is 1. The first-order valence-electron chi connectivity index (χ1n) is 5.49. The molecular weight excluding hydrogens is 216 g/mol. The molecule has 2 rings (SSSR count). The maximum Gasteiger partial charge on any atom is 0.331 e. The number of pyridine rings is 1. The number of hydrogen-bond acceptors (Lipinski definition) is 3. The van der Waals surface area contributed by atoms with Gasteiger partial charge >= 0.3 is 5.97 Å². The van der Waals surface area contributed by atoms with Crippen LogP contribution in [0, 0.1) is 6.92 Å². The van der Waals surface area contributed by atoms with Crippen molar-refractivity contribution < 1.29 is 9.53 Å². The Kier molecular flexibility index (Phi) is 2.65. The van der Waals surface area contributed by atoms with E-state index in [2.05, 4.69) is 4.98 Å². The first-order chi connectivity index (χ1) is 7.98. The second-order valence-corrected chi connectivity index (χ2v) is 4.63. The van der Waals surface area contributed by atoms with Gasteiger partial charge < -0.3 is 9.30 Å². The molecule has 17 heavy (non-hydrogen) atoms. The van der Waals surface area contributed by atoms with Crippen LogP contribution in [-0.4, -0.2) is 22.6 Å². The zero-order chi connectivity index (χ0) is 12.6. The molecule has 0 aliphatic rings. The number of hydrogen-bond donors (Lipinski definition) is 0. The van der Waals surface area contributed by atoms with E-state index in [0.29, 0.717) is 0 Å². The fraction of sp³-hybridized carbons (Fsp3) is 0.385. The number of carbonyl (C=O) groups excluding carboxylic acids is 1. The smallest absolute Gasteiger partial charge is 0.331 e. The maximum absolute atomic E-state index is 11.8. The molecule has 90 valence electrons. The molecule has 0 bridgehead atoms. The molecule has 2 aromatic heterocycles. The van der Waals surface area contributed by atoms with Crippen LogP contribution in [0.25, 0.3) is 10.9 Å². The van der Waals surface area contributed by atoms with Crippen LogP contribution in [-0.2, 0) is 15.1 Å². The van der Waals surface area contributed by atoms with E-state index in [1.165, 1.54) is 7.11 Å². The Bertz CT molecular complexity index is 570. The Balaban J connectivity index is 2.68. The van der Waals surface area contributed by atoms with E-state index in [9.17, 15) is 4.79 Å². The van der Waals surface area contributed by atoms with Crippen LogP contribution in [0.15, 0.2) is 24.7 Å². The Labute approximate surface area is 100 Å². The minimum Gasteiger partial charge on any atom is -0.467 e. The average molecular weight is 232 g/mol. The summed E-state index contributed by atoms with van der Waals surface area (Å²) < 4.78 is 6.79. The summed E-state index contributed by atoms with van der Waals surface area (Å²) in [6.07, 6.45) is 5.50. The molecule has 0 spiro atoms. The van der Waals surface area contributed by atoms with Gasteiger partial charge in [-0.05, 0) is 32.4 Å². The van der Waals surface area contributed by atoms with Gasteiger partial charge in [0.05, 0.1) is 12.6 Å². The summed E-state index contributed by atoms with van der Waals surface area (Å²) in [7, 11) is 1.41. The highest BCUT2D eigenvalue weighted by molar-refractivity contribution is 5.86. The standard InChI is InChI=1S/C13H16N2O2/c1-9-8-15(13(2,3)12(16)17-4)11-5-6-14-7-10(9)11/h5-8H,1-4H3. The molecule has 4 nitrogen and oxygen atoms in total. The Morgan fingerprint density at radius 3 is 2.82 bits per heavy atom. The van der Waals surface area contributed by atoms with Gasteiger partial charge in [0.15, 0.2) is 0 Å². The van der Waals surface area contributed by atoms with Gasteiger partial charge in [0, 0.05) is 24.0 Å². The van der Waals surface area contributed by atoms with Gasteiger partial charge in [0.1, 0.15) is 5.54 Å². The number of rotatable bonds is 2. The van der Waals surface area contributed by atoms with E-state index in [-0.39, 0.29) is 5.97 Å². The molecule has 0 atom stereocenters. The number of nitrogens with zero attached hydrogens (tertiary/aromatic N) is 2. The first-order valence-corrected chi connectivity index (χ1v) is 5.49. The van der Waals surface area contributed by atoms with Crippen LogP contribution in [0.5, 0.6) is 0 Å². The van der Waals surface area contributed by atoms with Crippen molar-refractivity contribution in [2.24, 2.45) is 0 Å². The van der Waals surface area contributed by atoms with Crippen molar-refractivity contribution in [3.05, 3.63) is 30.2 Å². The highest BCUT2D eigenvalue weighted by Gasteiger charge is 2.32. The monoisotopic (exact) mass is 232 g/mol. The van der Waals surface area contributed by atoms with Gasteiger partial charge in [-0.3, -0.25) is 4.98 Å². The fourth-order valence-electron chi connectivity index (χ4n) is 2.04. The first kappa shape index (κ1) is 11.6. The lowest BCUT2D eigenvalue weighted by molar-refractivity contribution is -0.149. The maximum atomic E-state index is 11.8. The highest BCUT2D eigenvalue weighted by Crippen LogP contribution is 2.27. The quantitative estimate of drug-likeness (QED) is 0.746. The molecule has 0 radical (unpaired) electrons. The molecular formula is C13H16N2O2. The van der Waals surface area contributed by atoms with E-state index in [1.54, 1.807) is 6.20 Å². The number of esters is 1. The van der Waals surface area contributed by atoms with Gasteiger partial charge in [-0.15, -0.1) is 0 Å². The number of aryl methyl sites for hydroxylation is 1. The van der Waals surface area contributed by atoms with Crippen molar-refractivity contribution in [3.63, 3.8) is 0 Å². The van der Waals surface area contributed by atoms with E-state index in [4.69, 9.17) is 4.74 Å². The summed E-state index contributed by atoms with van der Waals surface area (Å²) in [5, 5.41) is 1.06. The van der Waals surface area contributed by atoms with E-state index >= 15 is 0 Å². The Morgan fingerprint density at radius 2 is 2.18 bits per heavy atom. The number of aromatic nitrogens is 2. The summed E-state index contributed by atoms with van der Waals surface area (Å²) >= 11 is 0. The van der Waals surface area contributed by atoms with Gasteiger partial charge in [-0.2, -0.15) is 0 Å². The van der Waals surface area contributed by atoms with Gasteiger partial charge in [-0.25, -0.2) is 4.79 Å². The molecule has 0 saturated carbocycles. The van der Waals surface area contributed by atoms with E-state index in [0.717, 1.165) is 16.5 Å². The third-order valence-corrected chi connectivity index (χ3v) is 3.09. The van der Waals surface area contributed by atoms with Crippen molar-refractivity contribution in [3.8, 4) is 0 Å². The van der Waals surface area contributed by atoms with E-state index < -0.39 is 5.54 Å². The molecule has 0 fully saturated rings. The van der Waals surface area contributed by atoms with Crippen molar-refractivity contribution >= 4 is 16.9 Å². The number of fused-ring (bicyclic) bond motifs is 1. The molecule has 0 unspecified atom stereocenters. The zero-order valence-corrected chi connectivity index (χ0v) is 10.5. The van der Waals surface area contributed by atoms with Crippen LogP contribution in [0.1, 0.15) is 19.4 Å². The largest absolute Gasteiger partial charge is 0.467 e. The molecule has 0 aliphatic heterocycles. The fourth-order valence-corrected chi connectivity index (χ4v) is 2.04. The summed E-state index contributed by atoms with van der Waals surface area (Å²) in [4.78, 5) is 15.9. The number of carbonyl (C=O) groups is 1. The van der Waals surface area contributed by atoms with Crippen molar-refractivity contribution in [2.45, 2.75) is 26.3 Å². The molecule has 4 heteroatoms. The van der Waals surface area contributed by atoms with Gasteiger partial charge in [0.2, 0.25) is 0 Å². The lowest BCUT2D eigenvalue weighted by Gasteiger charge is -2.24. The number of ether oxygens (including phenoxy) is 1. The molecule has 2 heterocycles. The Morgan fingerprint density at radius 1 is 1.47 bits per heavy atom. The lowest BCUT2D eigenvalue weighted by atomic mass is 10.1. The summed E-state index contributed by atoms with van der Waals surface area (Å²) in [5.74, 6) is -0.258. The van der Waals surface area contributed by atoms with Crippen LogP contribution >= 0.6 is 0 Å². The third-order valence-electron chi connectivity index (χ3n) is 3.09. The molecule has 2 aromatic rings. The van der Waals surface area contributed by atoms with Crippen LogP contribution in [0.3, 0.4) is 0 Å². The minimum atomic E-state index is -0.720. The van der Waals surface area contributed by atoms with Crippen LogP contribution < -0.4 is 0 Å². The lowest BCUT2D eigenvalue weighted by Crippen LogP contribution is -2.36. The minimum absolute atomic E-state index is 0.258. The topological polar surface area (TPSA) is 44.1 Å². The summed E-state index contributed by atoms with van der Waals surface area (Å²) in [5.41, 5.74) is 1.38. The normalized spacial score (nSPS) is 11.8. The Hall–Kier alpha value is -1.84. The molecule has 0 N–H and O–H groups in total. The molecule has 0 amide bonds. The predicted octanol–water partition coefficient (Wildman–Crippen LogP) is 2.25. The van der Waals surface area contributed by atoms with Crippen molar-refractivity contribution in [1.29, 1.82) is 0 Å². The second-order valence-electron chi connectivity index (χ2n) is 4.63. The SMILES string of the molecule is COC(=O)C(C)(C)n1cc(C)c2cnccc21. The predicted molar refractivity (Wildman–Crippen MR) is 65.8 cm³/mol. The molecule has 0 saturated heterocycles. The average Bonchev–Trinajstić information content (AvgIpc) is 2.67. The van der Waals surface area contributed by atoms with Crippen LogP contribution in [0.2, 0.25) is 0 Å². The molecule has 0 aliphatic carbocycles. The summed E-state index contributed by atoms with van der Waals surface area (Å²) in [6.45, 7) is 5.70. The van der Waals surface area contributed by atoms with Crippen molar-refractivity contribution in [2.75, 3.05) is 7.11 Å². The molecule has 0 aromatic carbocycles. The zero-order valence-electron chi connectivity index (χ0n) is 10.5. The van der Waals surface area contributed by atoms with Crippen LogP contribution in [0.4, 0.5) is 0 Å². The second kappa shape index (κ2) is 3.87. The van der Waals surface area contributed by atoms with Gasteiger partial charge in [-0.1, -0.05) is 0 Å². The van der Waals surface area contributed by atoms with Crippen molar-refractivity contribution in [1.82, 2.24) is 9.55 Å². The van der Waals surface area contributed by atoms with E-state index in [1.807, 2.05) is 43.8 Å². The summed E-state index contributed by atoms with van der Waals surface area (Å²) in [6, 6.07) is 1.91.